The Bertz CT molecular complexity index is 592. The number of hydrogen-bond acceptors (Lipinski definition) is 5. The molecule has 0 spiro atoms. The minimum atomic E-state index is -0.446. The van der Waals surface area contributed by atoms with Gasteiger partial charge >= 0.3 is 5.97 Å². The average Bonchev–Trinajstić information content (AvgIpc) is 2.82. The molecule has 0 atom stereocenters. The van der Waals surface area contributed by atoms with E-state index in [0.717, 1.165) is 11.5 Å². The van der Waals surface area contributed by atoms with Crippen molar-refractivity contribution in [2.75, 3.05) is 18.2 Å². The molecule has 2 aromatic rings. The molecule has 1 aromatic heterocycles. The van der Waals surface area contributed by atoms with Crippen LogP contribution >= 0.6 is 0 Å². The largest absolute Gasteiger partial charge is 0.465 e. The molecule has 0 aliphatic rings. The molecule has 1 aromatic carbocycles. The molecule has 19 heavy (non-hydrogen) atoms. The summed E-state index contributed by atoms with van der Waals surface area (Å²) in [5, 5.41) is 3.19. The van der Waals surface area contributed by atoms with E-state index >= 15 is 0 Å². The predicted molar refractivity (Wildman–Crippen MR) is 72.7 cm³/mol. The first-order chi connectivity index (χ1) is 9.11. The third kappa shape index (κ3) is 2.85. The summed E-state index contributed by atoms with van der Waals surface area (Å²) in [7, 11) is 3.25. The molecule has 0 fully saturated rings. The number of ether oxygens (including phenoxy) is 1. The second-order valence-electron chi connectivity index (χ2n) is 4.10. The fourth-order valence-electron chi connectivity index (χ4n) is 1.70. The van der Waals surface area contributed by atoms with E-state index < -0.39 is 5.97 Å². The molecule has 1 heterocycles. The molecule has 6 nitrogen and oxygen atoms in total. The van der Waals surface area contributed by atoms with E-state index in [0.29, 0.717) is 17.8 Å². The Labute approximate surface area is 111 Å². The Morgan fingerprint density at radius 3 is 2.95 bits per heavy atom. The van der Waals surface area contributed by atoms with Gasteiger partial charge in [-0.25, -0.2) is 9.78 Å². The van der Waals surface area contributed by atoms with Crippen molar-refractivity contribution in [2.45, 2.75) is 6.54 Å². The number of imidazole rings is 1. The average molecular weight is 260 g/mol. The molecule has 0 saturated heterocycles. The Hall–Kier alpha value is -2.50. The maximum atomic E-state index is 11.5. The number of nitrogens with one attached hydrogen (secondary N) is 1. The minimum absolute atomic E-state index is 0.354. The van der Waals surface area contributed by atoms with Gasteiger partial charge in [-0.15, -0.1) is 0 Å². The lowest BCUT2D eigenvalue weighted by molar-refractivity contribution is 0.0602. The fraction of sp³-hybridized carbons (Fsp3) is 0.231. The van der Waals surface area contributed by atoms with Crippen molar-refractivity contribution < 1.29 is 9.53 Å². The third-order valence-electron chi connectivity index (χ3n) is 2.83. The maximum absolute atomic E-state index is 11.5. The fourth-order valence-corrected chi connectivity index (χ4v) is 1.70. The van der Waals surface area contributed by atoms with E-state index in [-0.39, 0.29) is 0 Å². The van der Waals surface area contributed by atoms with Crippen molar-refractivity contribution in [2.24, 2.45) is 7.05 Å². The van der Waals surface area contributed by atoms with Crippen LogP contribution in [0.3, 0.4) is 0 Å². The molecular weight excluding hydrogens is 244 g/mol. The Kier molecular flexibility index (Phi) is 3.70. The second kappa shape index (κ2) is 5.43. The van der Waals surface area contributed by atoms with Gasteiger partial charge in [-0.1, -0.05) is 0 Å². The number of hydrogen-bond donors (Lipinski definition) is 2. The maximum Gasteiger partial charge on any atom is 0.340 e. The van der Waals surface area contributed by atoms with Crippen molar-refractivity contribution in [3.63, 3.8) is 0 Å². The Morgan fingerprint density at radius 2 is 2.32 bits per heavy atom. The number of carbonyl (C=O) groups excluding carboxylic acids is 1. The molecule has 3 N–H and O–H groups in total. The standard InChI is InChI=1S/C13H16N4O2/c1-17-6-5-15-12(17)8-16-9-3-4-11(14)10(7-9)13(18)19-2/h3-7,16H,8,14H2,1-2H3. The number of carbonyl (C=O) groups is 1. The zero-order valence-corrected chi connectivity index (χ0v) is 10.9. The van der Waals surface area contributed by atoms with Crippen molar-refractivity contribution in [3.05, 3.63) is 42.0 Å². The van der Waals surface area contributed by atoms with Gasteiger partial charge in [-0.05, 0) is 18.2 Å². The molecule has 0 aliphatic heterocycles. The number of aryl methyl sites for hydroxylation is 1. The topological polar surface area (TPSA) is 82.2 Å². The number of rotatable bonds is 4. The van der Waals surface area contributed by atoms with Crippen LogP contribution in [0.2, 0.25) is 0 Å². The zero-order valence-electron chi connectivity index (χ0n) is 10.9. The number of methoxy groups -OCH3 is 1. The van der Waals surface area contributed by atoms with Crippen LogP contribution in [0.5, 0.6) is 0 Å². The van der Waals surface area contributed by atoms with Crippen molar-refractivity contribution in [1.82, 2.24) is 9.55 Å². The number of nitrogens with zero attached hydrogens (tertiary/aromatic N) is 2. The molecule has 0 radical (unpaired) electrons. The van der Waals surface area contributed by atoms with Crippen LogP contribution < -0.4 is 11.1 Å². The number of benzene rings is 1. The first-order valence-electron chi connectivity index (χ1n) is 5.79. The summed E-state index contributed by atoms with van der Waals surface area (Å²) in [6.07, 6.45) is 3.61. The van der Waals surface area contributed by atoms with Gasteiger partial charge in [0.15, 0.2) is 0 Å². The summed E-state index contributed by atoms with van der Waals surface area (Å²) in [4.78, 5) is 15.7. The molecule has 100 valence electrons. The summed E-state index contributed by atoms with van der Waals surface area (Å²) in [5.74, 6) is 0.453. The van der Waals surface area contributed by atoms with Crippen LogP contribution in [-0.4, -0.2) is 22.6 Å². The van der Waals surface area contributed by atoms with Crippen LogP contribution in [0, 0.1) is 0 Å². The first kappa shape index (κ1) is 12.9. The van der Waals surface area contributed by atoms with Gasteiger partial charge < -0.3 is 20.4 Å². The SMILES string of the molecule is COC(=O)c1cc(NCc2nccn2C)ccc1N. The molecule has 0 amide bonds. The number of anilines is 2. The van der Waals surface area contributed by atoms with E-state index in [1.165, 1.54) is 7.11 Å². The molecule has 2 rings (SSSR count). The van der Waals surface area contributed by atoms with Crippen LogP contribution in [0.25, 0.3) is 0 Å². The monoisotopic (exact) mass is 260 g/mol. The van der Waals surface area contributed by atoms with Crippen molar-refractivity contribution >= 4 is 17.3 Å². The molecule has 0 unspecified atom stereocenters. The molecule has 0 saturated carbocycles. The quantitative estimate of drug-likeness (QED) is 0.641. The van der Waals surface area contributed by atoms with Gasteiger partial charge in [-0.3, -0.25) is 0 Å². The number of nitrogen functional groups attached to an aromatic ring is 1. The van der Waals surface area contributed by atoms with Gasteiger partial charge in [0.1, 0.15) is 5.82 Å². The van der Waals surface area contributed by atoms with Gasteiger partial charge in [0, 0.05) is 30.8 Å². The Balaban J connectivity index is 2.13. The summed E-state index contributed by atoms with van der Waals surface area (Å²) in [5.41, 5.74) is 7.28. The van der Waals surface area contributed by atoms with Crippen LogP contribution in [0.1, 0.15) is 16.2 Å². The van der Waals surface area contributed by atoms with Crippen LogP contribution in [-0.2, 0) is 18.3 Å². The second-order valence-corrected chi connectivity index (χ2v) is 4.10. The predicted octanol–water partition coefficient (Wildman–Crippen LogP) is 1.40. The number of aromatic nitrogens is 2. The highest BCUT2D eigenvalue weighted by atomic mass is 16.5. The lowest BCUT2D eigenvalue weighted by Gasteiger charge is -2.09. The van der Waals surface area contributed by atoms with E-state index in [1.54, 1.807) is 18.3 Å². The molecule has 0 bridgehead atoms. The minimum Gasteiger partial charge on any atom is -0.465 e. The molecule has 0 aliphatic carbocycles. The lowest BCUT2D eigenvalue weighted by Crippen LogP contribution is -2.09. The molecule has 6 heteroatoms. The van der Waals surface area contributed by atoms with Gasteiger partial charge in [0.2, 0.25) is 0 Å². The Morgan fingerprint density at radius 1 is 1.53 bits per heavy atom. The van der Waals surface area contributed by atoms with E-state index in [4.69, 9.17) is 5.73 Å². The smallest absolute Gasteiger partial charge is 0.340 e. The van der Waals surface area contributed by atoms with Gasteiger partial charge in [0.05, 0.1) is 19.2 Å². The highest BCUT2D eigenvalue weighted by Gasteiger charge is 2.10. The van der Waals surface area contributed by atoms with Gasteiger partial charge in [0.25, 0.3) is 0 Å². The summed E-state index contributed by atoms with van der Waals surface area (Å²) in [6, 6.07) is 5.15. The normalized spacial score (nSPS) is 10.2. The highest BCUT2D eigenvalue weighted by molar-refractivity contribution is 5.96. The zero-order chi connectivity index (χ0) is 13.8. The summed E-state index contributed by atoms with van der Waals surface area (Å²) < 4.78 is 6.60. The summed E-state index contributed by atoms with van der Waals surface area (Å²) >= 11 is 0. The first-order valence-corrected chi connectivity index (χ1v) is 5.79. The van der Waals surface area contributed by atoms with Gasteiger partial charge in [-0.2, -0.15) is 0 Å². The number of nitrogens with two attached hydrogens (primary N) is 1. The highest BCUT2D eigenvalue weighted by Crippen LogP contribution is 2.19. The van der Waals surface area contributed by atoms with Crippen molar-refractivity contribution in [1.29, 1.82) is 0 Å². The van der Waals surface area contributed by atoms with E-state index in [1.807, 2.05) is 23.9 Å². The van der Waals surface area contributed by atoms with Crippen LogP contribution in [0.4, 0.5) is 11.4 Å². The van der Waals surface area contributed by atoms with Crippen molar-refractivity contribution in [3.8, 4) is 0 Å². The van der Waals surface area contributed by atoms with E-state index in [9.17, 15) is 4.79 Å². The van der Waals surface area contributed by atoms with E-state index in [2.05, 4.69) is 15.0 Å². The number of esters is 1. The summed E-state index contributed by atoms with van der Waals surface area (Å²) in [6.45, 7) is 0.564. The molecular formula is C13H16N4O2. The lowest BCUT2D eigenvalue weighted by atomic mass is 10.1. The third-order valence-corrected chi connectivity index (χ3v) is 2.83. The van der Waals surface area contributed by atoms with Crippen LogP contribution in [0.15, 0.2) is 30.6 Å².